The Kier molecular flexibility index (Phi) is 4.03. The second kappa shape index (κ2) is 5.47. The summed E-state index contributed by atoms with van der Waals surface area (Å²) in [6, 6.07) is 5.48. The monoisotopic (exact) mass is 330 g/mol. The summed E-state index contributed by atoms with van der Waals surface area (Å²) in [7, 11) is -8.03. The van der Waals surface area contributed by atoms with Gasteiger partial charge in [0.25, 0.3) is 10.0 Å². The molecule has 0 aliphatic heterocycles. The number of nitrogens with two attached hydrogens (primary N) is 1. The van der Waals surface area contributed by atoms with Crippen LogP contribution in [0.2, 0.25) is 0 Å². The molecule has 2 aromatic rings. The zero-order valence-corrected chi connectivity index (χ0v) is 12.7. The number of nitrogens with zero attached hydrogens (tertiary/aromatic N) is 2. The minimum atomic E-state index is -4.04. The maximum atomic E-state index is 12.2. The Morgan fingerprint density at radius 2 is 1.90 bits per heavy atom. The van der Waals surface area contributed by atoms with Gasteiger partial charge < -0.3 is 4.57 Å². The number of nitrogens with one attached hydrogen (secondary N) is 1. The molecule has 0 bridgehead atoms. The van der Waals surface area contributed by atoms with Gasteiger partial charge in [0, 0.05) is 12.7 Å². The fourth-order valence-corrected chi connectivity index (χ4v) is 3.44. The van der Waals surface area contributed by atoms with Crippen molar-refractivity contribution in [1.29, 1.82) is 0 Å². The number of aromatic nitrogens is 2. The minimum absolute atomic E-state index is 0.119. The summed E-state index contributed by atoms with van der Waals surface area (Å²) < 4.78 is 51.0. The normalized spacial score (nSPS) is 12.3. The molecule has 21 heavy (non-hydrogen) atoms. The number of anilines is 1. The van der Waals surface area contributed by atoms with Gasteiger partial charge >= 0.3 is 0 Å². The summed E-state index contributed by atoms with van der Waals surface area (Å²) in [5.74, 6) is 0. The van der Waals surface area contributed by atoms with Gasteiger partial charge in [0.15, 0.2) is 5.03 Å². The van der Waals surface area contributed by atoms with E-state index < -0.39 is 20.0 Å². The predicted octanol–water partition coefficient (Wildman–Crippen LogP) is 0.351. The van der Waals surface area contributed by atoms with Gasteiger partial charge in [-0.15, -0.1) is 0 Å². The summed E-state index contributed by atoms with van der Waals surface area (Å²) in [5, 5.41) is 4.86. The van der Waals surface area contributed by atoms with Crippen LogP contribution in [-0.2, 0) is 26.6 Å². The molecule has 2 rings (SSSR count). The molecule has 1 aromatic heterocycles. The van der Waals surface area contributed by atoms with Crippen LogP contribution in [0.3, 0.4) is 0 Å². The van der Waals surface area contributed by atoms with Crippen LogP contribution >= 0.6 is 0 Å². The van der Waals surface area contributed by atoms with Crippen LogP contribution < -0.4 is 9.86 Å². The second-order valence-electron chi connectivity index (χ2n) is 4.19. The Morgan fingerprint density at radius 3 is 2.48 bits per heavy atom. The zero-order chi connectivity index (χ0) is 15.7. The molecule has 0 aliphatic carbocycles. The smallest absolute Gasteiger partial charge is 0.280 e. The highest BCUT2D eigenvalue weighted by molar-refractivity contribution is 7.93. The van der Waals surface area contributed by atoms with Crippen LogP contribution in [0.25, 0.3) is 0 Å². The molecule has 3 N–H and O–H groups in total. The highest BCUT2D eigenvalue weighted by Gasteiger charge is 2.21. The molecule has 1 heterocycles. The lowest BCUT2D eigenvalue weighted by molar-refractivity contribution is 0.597. The standard InChI is InChI=1S/C11H14N4O4S2/c1-2-15-7-11(13-8-15)21(18,19)14-9-5-3-4-6-10(9)20(12,16)17/h3-8,14H,2H2,1H3,(H2,12,16,17). The van der Waals surface area contributed by atoms with Crippen LogP contribution in [0.15, 0.2) is 46.7 Å². The molecule has 0 unspecified atom stereocenters. The predicted molar refractivity (Wildman–Crippen MR) is 76.5 cm³/mol. The molecule has 0 amide bonds. The summed E-state index contributed by atoms with van der Waals surface area (Å²) in [5.41, 5.74) is -0.119. The first-order chi connectivity index (χ1) is 9.74. The lowest BCUT2D eigenvalue weighted by Crippen LogP contribution is -2.19. The minimum Gasteiger partial charge on any atom is -0.336 e. The molecule has 0 aliphatic rings. The van der Waals surface area contributed by atoms with E-state index in [9.17, 15) is 16.8 Å². The number of para-hydroxylation sites is 1. The molecule has 114 valence electrons. The van der Waals surface area contributed by atoms with E-state index in [-0.39, 0.29) is 15.6 Å². The number of imidazole rings is 1. The molecule has 0 saturated heterocycles. The molecular weight excluding hydrogens is 316 g/mol. The first-order valence-electron chi connectivity index (χ1n) is 5.90. The van der Waals surface area contributed by atoms with E-state index in [1.54, 1.807) is 4.57 Å². The summed E-state index contributed by atoms with van der Waals surface area (Å²) in [6.45, 7) is 2.40. The molecule has 0 spiro atoms. The highest BCUT2D eigenvalue weighted by atomic mass is 32.2. The van der Waals surface area contributed by atoms with Crippen LogP contribution in [-0.4, -0.2) is 26.4 Å². The average Bonchev–Trinajstić information content (AvgIpc) is 2.87. The van der Waals surface area contributed by atoms with E-state index >= 15 is 0 Å². The van der Waals surface area contributed by atoms with Crippen molar-refractivity contribution in [3.8, 4) is 0 Å². The van der Waals surface area contributed by atoms with Crippen LogP contribution in [0.1, 0.15) is 6.92 Å². The van der Waals surface area contributed by atoms with E-state index in [4.69, 9.17) is 5.14 Å². The molecule has 10 heteroatoms. The van der Waals surface area contributed by atoms with Crippen molar-refractivity contribution in [1.82, 2.24) is 9.55 Å². The van der Waals surface area contributed by atoms with Gasteiger partial charge in [-0.25, -0.2) is 18.5 Å². The molecule has 0 fully saturated rings. The summed E-state index contributed by atoms with van der Waals surface area (Å²) in [4.78, 5) is 3.48. The topological polar surface area (TPSA) is 124 Å². The number of rotatable bonds is 5. The van der Waals surface area contributed by atoms with Crippen molar-refractivity contribution in [2.24, 2.45) is 5.14 Å². The Morgan fingerprint density at radius 1 is 1.24 bits per heavy atom. The van der Waals surface area contributed by atoms with E-state index in [1.165, 1.54) is 36.8 Å². The largest absolute Gasteiger partial charge is 0.336 e. The van der Waals surface area contributed by atoms with Gasteiger partial charge in [-0.05, 0) is 19.1 Å². The van der Waals surface area contributed by atoms with Gasteiger partial charge in [-0.3, -0.25) is 4.72 Å². The number of benzene rings is 1. The van der Waals surface area contributed by atoms with Gasteiger partial charge in [0.1, 0.15) is 4.90 Å². The van der Waals surface area contributed by atoms with Gasteiger partial charge in [-0.1, -0.05) is 12.1 Å². The number of primary sulfonamides is 1. The summed E-state index contributed by atoms with van der Waals surface area (Å²) >= 11 is 0. The van der Waals surface area contributed by atoms with Crippen LogP contribution in [0.5, 0.6) is 0 Å². The fourth-order valence-electron chi connectivity index (χ4n) is 1.65. The van der Waals surface area contributed by atoms with E-state index in [2.05, 4.69) is 9.71 Å². The van der Waals surface area contributed by atoms with Gasteiger partial charge in [0.05, 0.1) is 12.0 Å². The first-order valence-corrected chi connectivity index (χ1v) is 8.93. The highest BCUT2D eigenvalue weighted by Crippen LogP contribution is 2.22. The Bertz CT molecular complexity index is 856. The van der Waals surface area contributed by atoms with Gasteiger partial charge in [0.2, 0.25) is 10.0 Å². The average molecular weight is 330 g/mol. The number of sulfonamides is 2. The third-order valence-electron chi connectivity index (χ3n) is 2.69. The molecule has 0 radical (unpaired) electrons. The van der Waals surface area contributed by atoms with E-state index in [1.807, 2.05) is 6.92 Å². The lowest BCUT2D eigenvalue weighted by atomic mass is 10.3. The fraction of sp³-hybridized carbons (Fsp3) is 0.182. The second-order valence-corrected chi connectivity index (χ2v) is 7.35. The third-order valence-corrected chi connectivity index (χ3v) is 4.91. The molecule has 0 atom stereocenters. The quantitative estimate of drug-likeness (QED) is 0.818. The number of aryl methyl sites for hydroxylation is 1. The molecular formula is C11H14N4O4S2. The Labute approximate surface area is 122 Å². The van der Waals surface area contributed by atoms with Crippen molar-refractivity contribution in [3.05, 3.63) is 36.8 Å². The van der Waals surface area contributed by atoms with E-state index in [0.29, 0.717) is 6.54 Å². The molecule has 0 saturated carbocycles. The van der Waals surface area contributed by atoms with Crippen molar-refractivity contribution in [3.63, 3.8) is 0 Å². The van der Waals surface area contributed by atoms with E-state index in [0.717, 1.165) is 0 Å². The van der Waals surface area contributed by atoms with Crippen LogP contribution in [0.4, 0.5) is 5.69 Å². The molecule has 1 aromatic carbocycles. The lowest BCUT2D eigenvalue weighted by Gasteiger charge is -2.09. The third kappa shape index (κ3) is 3.40. The SMILES string of the molecule is CCn1cnc(S(=O)(=O)Nc2ccccc2S(N)(=O)=O)c1. The Hall–Kier alpha value is -1.91. The number of hydrogen-bond donors (Lipinski definition) is 2. The Balaban J connectivity index is 2.42. The summed E-state index contributed by atoms with van der Waals surface area (Å²) in [6.07, 6.45) is 2.72. The maximum Gasteiger partial charge on any atom is 0.280 e. The van der Waals surface area contributed by atoms with Gasteiger partial charge in [-0.2, -0.15) is 8.42 Å². The first kappa shape index (κ1) is 15.5. The van der Waals surface area contributed by atoms with Crippen molar-refractivity contribution >= 4 is 25.7 Å². The molecule has 8 nitrogen and oxygen atoms in total. The number of hydrogen-bond acceptors (Lipinski definition) is 5. The van der Waals surface area contributed by atoms with Crippen molar-refractivity contribution in [2.45, 2.75) is 23.4 Å². The van der Waals surface area contributed by atoms with Crippen molar-refractivity contribution in [2.75, 3.05) is 4.72 Å². The van der Waals surface area contributed by atoms with Crippen LogP contribution in [0, 0.1) is 0 Å². The maximum absolute atomic E-state index is 12.2. The zero-order valence-electron chi connectivity index (χ0n) is 11.1. The van der Waals surface area contributed by atoms with Crippen molar-refractivity contribution < 1.29 is 16.8 Å².